The number of anilines is 4. The summed E-state index contributed by atoms with van der Waals surface area (Å²) in [5.74, 6) is -0.477. The summed E-state index contributed by atoms with van der Waals surface area (Å²) in [6.45, 7) is 0. The number of benzene rings is 3. The second kappa shape index (κ2) is 6.39. The standard InChI is InChI=1S/C23H18N4O/c24-14-9-11-15(12-10-14)25-20-13-21(26-18-7-3-1-5-16(18)20)22-17-6-2-4-8-19(17)27-23(22)28/h1-13,22H,24H2,(H,25,26)(H,27,28). The number of aromatic nitrogens is 1. The van der Waals surface area contributed by atoms with Crippen LogP contribution in [0.2, 0.25) is 0 Å². The van der Waals surface area contributed by atoms with E-state index >= 15 is 0 Å². The molecule has 28 heavy (non-hydrogen) atoms. The molecule has 0 bridgehead atoms. The van der Waals surface area contributed by atoms with E-state index in [1.54, 1.807) is 0 Å². The molecule has 1 aromatic heterocycles. The van der Waals surface area contributed by atoms with Crippen LogP contribution in [-0.2, 0) is 4.79 Å². The predicted octanol–water partition coefficient (Wildman–Crippen LogP) is 4.64. The Bertz CT molecular complexity index is 1200. The topological polar surface area (TPSA) is 80.0 Å². The predicted molar refractivity (Wildman–Crippen MR) is 113 cm³/mol. The Kier molecular flexibility index (Phi) is 3.72. The van der Waals surface area contributed by atoms with Crippen LogP contribution in [0.1, 0.15) is 17.2 Å². The fraction of sp³-hybridized carbons (Fsp3) is 0.0435. The van der Waals surface area contributed by atoms with Crippen molar-refractivity contribution in [2.45, 2.75) is 5.92 Å². The van der Waals surface area contributed by atoms with E-state index < -0.39 is 5.92 Å². The molecule has 1 atom stereocenters. The van der Waals surface area contributed by atoms with Crippen molar-refractivity contribution in [3.05, 3.63) is 90.1 Å². The van der Waals surface area contributed by atoms with Crippen molar-refractivity contribution in [1.82, 2.24) is 4.98 Å². The molecule has 0 fully saturated rings. The van der Waals surface area contributed by atoms with Crippen LogP contribution in [-0.4, -0.2) is 10.9 Å². The Morgan fingerprint density at radius 3 is 2.54 bits per heavy atom. The number of nitrogens with one attached hydrogen (secondary N) is 2. The third-order valence-electron chi connectivity index (χ3n) is 5.01. The number of amides is 1. The molecule has 3 aromatic carbocycles. The minimum Gasteiger partial charge on any atom is -0.399 e. The molecule has 0 saturated heterocycles. The molecule has 1 aliphatic heterocycles. The van der Waals surface area contributed by atoms with Crippen molar-refractivity contribution in [3.63, 3.8) is 0 Å². The molecule has 0 saturated carbocycles. The van der Waals surface area contributed by atoms with E-state index in [1.807, 2.05) is 78.9 Å². The number of nitrogens with two attached hydrogens (primary N) is 1. The van der Waals surface area contributed by atoms with Gasteiger partial charge in [0.1, 0.15) is 5.92 Å². The highest BCUT2D eigenvalue weighted by molar-refractivity contribution is 6.05. The molecule has 0 aliphatic carbocycles. The molecule has 5 rings (SSSR count). The van der Waals surface area contributed by atoms with Gasteiger partial charge in [-0.3, -0.25) is 9.78 Å². The lowest BCUT2D eigenvalue weighted by Crippen LogP contribution is -2.14. The van der Waals surface area contributed by atoms with Gasteiger partial charge in [0, 0.05) is 28.1 Å². The lowest BCUT2D eigenvalue weighted by Gasteiger charge is -2.15. The van der Waals surface area contributed by atoms with Gasteiger partial charge in [0.15, 0.2) is 0 Å². The third kappa shape index (κ3) is 2.74. The normalized spacial score (nSPS) is 15.3. The first-order valence-electron chi connectivity index (χ1n) is 9.11. The average Bonchev–Trinajstić information content (AvgIpc) is 3.05. The highest BCUT2D eigenvalue weighted by Crippen LogP contribution is 2.38. The van der Waals surface area contributed by atoms with Crippen LogP contribution in [0.15, 0.2) is 78.9 Å². The zero-order valence-corrected chi connectivity index (χ0v) is 15.0. The highest BCUT2D eigenvalue weighted by Gasteiger charge is 2.33. The molecule has 136 valence electrons. The molecule has 0 spiro atoms. The second-order valence-electron chi connectivity index (χ2n) is 6.87. The van der Waals surface area contributed by atoms with Gasteiger partial charge in [-0.05, 0) is 48.0 Å². The van der Waals surface area contributed by atoms with Crippen molar-refractivity contribution >= 4 is 39.6 Å². The number of nitrogens with zero attached hydrogens (tertiary/aromatic N) is 1. The van der Waals surface area contributed by atoms with Gasteiger partial charge in [0.25, 0.3) is 0 Å². The summed E-state index contributed by atoms with van der Waals surface area (Å²) in [5.41, 5.74) is 11.7. The van der Waals surface area contributed by atoms with E-state index in [9.17, 15) is 4.79 Å². The summed E-state index contributed by atoms with van der Waals surface area (Å²) in [6, 6.07) is 25.2. The van der Waals surface area contributed by atoms with Crippen molar-refractivity contribution in [3.8, 4) is 0 Å². The van der Waals surface area contributed by atoms with Gasteiger partial charge in [0.2, 0.25) is 5.91 Å². The number of fused-ring (bicyclic) bond motifs is 2. The third-order valence-corrected chi connectivity index (χ3v) is 5.01. The van der Waals surface area contributed by atoms with Gasteiger partial charge in [-0.15, -0.1) is 0 Å². The van der Waals surface area contributed by atoms with Crippen molar-refractivity contribution in [2.75, 3.05) is 16.4 Å². The number of nitrogen functional groups attached to an aromatic ring is 1. The number of carbonyl (C=O) groups is 1. The fourth-order valence-electron chi connectivity index (χ4n) is 3.67. The summed E-state index contributed by atoms with van der Waals surface area (Å²) in [6.07, 6.45) is 0. The number of hydrogen-bond donors (Lipinski definition) is 3. The first-order chi connectivity index (χ1) is 13.7. The van der Waals surface area contributed by atoms with Crippen LogP contribution in [0.25, 0.3) is 10.9 Å². The molecule has 4 N–H and O–H groups in total. The van der Waals surface area contributed by atoms with E-state index in [4.69, 9.17) is 10.7 Å². The van der Waals surface area contributed by atoms with E-state index in [1.165, 1.54) is 0 Å². The van der Waals surface area contributed by atoms with Crippen LogP contribution in [0, 0.1) is 0 Å². The summed E-state index contributed by atoms with van der Waals surface area (Å²) in [7, 11) is 0. The second-order valence-corrected chi connectivity index (χ2v) is 6.87. The fourth-order valence-corrected chi connectivity index (χ4v) is 3.67. The van der Waals surface area contributed by atoms with Crippen LogP contribution < -0.4 is 16.4 Å². The number of carbonyl (C=O) groups excluding carboxylic acids is 1. The molecular weight excluding hydrogens is 348 g/mol. The monoisotopic (exact) mass is 366 g/mol. The molecular formula is C23H18N4O. The Morgan fingerprint density at radius 1 is 0.929 bits per heavy atom. The smallest absolute Gasteiger partial charge is 0.238 e. The average molecular weight is 366 g/mol. The van der Waals surface area contributed by atoms with Crippen molar-refractivity contribution in [1.29, 1.82) is 0 Å². The van der Waals surface area contributed by atoms with Gasteiger partial charge in [-0.25, -0.2) is 0 Å². The molecule has 5 nitrogen and oxygen atoms in total. The maximum absolute atomic E-state index is 12.7. The summed E-state index contributed by atoms with van der Waals surface area (Å²) in [5, 5.41) is 7.40. The quantitative estimate of drug-likeness (QED) is 0.461. The van der Waals surface area contributed by atoms with Crippen molar-refractivity contribution in [2.24, 2.45) is 0 Å². The molecule has 0 radical (unpaired) electrons. The Morgan fingerprint density at radius 2 is 1.68 bits per heavy atom. The van der Waals surface area contributed by atoms with Gasteiger partial charge < -0.3 is 16.4 Å². The molecule has 5 heteroatoms. The van der Waals surface area contributed by atoms with Crippen molar-refractivity contribution < 1.29 is 4.79 Å². The molecule has 1 amide bonds. The number of para-hydroxylation sites is 2. The zero-order chi connectivity index (χ0) is 19.1. The van der Waals surface area contributed by atoms with Gasteiger partial charge in [-0.1, -0.05) is 36.4 Å². The minimum absolute atomic E-state index is 0.0533. The van der Waals surface area contributed by atoms with Crippen LogP contribution in [0.3, 0.4) is 0 Å². The Labute approximate surface area is 162 Å². The van der Waals surface area contributed by atoms with Gasteiger partial charge in [-0.2, -0.15) is 0 Å². The molecule has 1 unspecified atom stereocenters. The zero-order valence-electron chi connectivity index (χ0n) is 15.0. The Balaban J connectivity index is 1.65. The van der Waals surface area contributed by atoms with E-state index in [0.717, 1.165) is 39.2 Å². The summed E-state index contributed by atoms with van der Waals surface area (Å²) < 4.78 is 0. The maximum atomic E-state index is 12.7. The van der Waals surface area contributed by atoms with Crippen LogP contribution >= 0.6 is 0 Å². The molecule has 1 aliphatic rings. The largest absolute Gasteiger partial charge is 0.399 e. The first-order valence-corrected chi connectivity index (χ1v) is 9.11. The van der Waals surface area contributed by atoms with Crippen LogP contribution in [0.5, 0.6) is 0 Å². The maximum Gasteiger partial charge on any atom is 0.238 e. The number of hydrogen-bond acceptors (Lipinski definition) is 4. The lowest BCUT2D eigenvalue weighted by molar-refractivity contribution is -0.116. The summed E-state index contributed by atoms with van der Waals surface area (Å²) in [4.78, 5) is 17.5. The molecule has 4 aromatic rings. The molecule has 2 heterocycles. The first kappa shape index (κ1) is 16.3. The van der Waals surface area contributed by atoms with Crippen LogP contribution in [0.4, 0.5) is 22.7 Å². The SMILES string of the molecule is Nc1ccc(Nc2cc(C3C(=O)Nc4ccccc43)nc3ccccc23)cc1. The van der Waals surface area contributed by atoms with Gasteiger partial charge >= 0.3 is 0 Å². The van der Waals surface area contributed by atoms with E-state index in [2.05, 4.69) is 10.6 Å². The highest BCUT2D eigenvalue weighted by atomic mass is 16.2. The van der Waals surface area contributed by atoms with E-state index in [0.29, 0.717) is 5.69 Å². The van der Waals surface area contributed by atoms with E-state index in [-0.39, 0.29) is 5.91 Å². The number of pyridine rings is 1. The van der Waals surface area contributed by atoms with Gasteiger partial charge in [0.05, 0.1) is 11.2 Å². The summed E-state index contributed by atoms with van der Waals surface area (Å²) >= 11 is 0. The number of rotatable bonds is 3. The Hall–Kier alpha value is -3.86. The minimum atomic E-state index is -0.423. The lowest BCUT2D eigenvalue weighted by atomic mass is 9.95.